The number of carbonyl (C=O) groups is 1. The summed E-state index contributed by atoms with van der Waals surface area (Å²) < 4.78 is 0. The molecule has 1 rings (SSSR count). The molecule has 0 bridgehead atoms. The van der Waals surface area contributed by atoms with E-state index in [0.717, 1.165) is 11.1 Å². The zero-order valence-corrected chi connectivity index (χ0v) is 10.2. The van der Waals surface area contributed by atoms with Crippen LogP contribution < -0.4 is 10.6 Å². The van der Waals surface area contributed by atoms with Crippen molar-refractivity contribution in [3.63, 3.8) is 0 Å². The Bertz CT molecular complexity index is 423. The van der Waals surface area contributed by atoms with Crippen LogP contribution in [-0.4, -0.2) is 19.0 Å². The molecule has 1 unspecified atom stereocenters. The highest BCUT2D eigenvalue weighted by molar-refractivity contribution is 5.72. The normalized spacial score (nSPS) is 11.6. The highest BCUT2D eigenvalue weighted by Gasteiger charge is 2.08. The number of benzene rings is 1. The van der Waals surface area contributed by atoms with E-state index < -0.39 is 0 Å². The Morgan fingerprint density at radius 3 is 2.82 bits per heavy atom. The second-order valence-corrected chi connectivity index (χ2v) is 3.91. The summed E-state index contributed by atoms with van der Waals surface area (Å²) in [7, 11) is 0. The van der Waals surface area contributed by atoms with E-state index in [-0.39, 0.29) is 11.9 Å². The summed E-state index contributed by atoms with van der Waals surface area (Å²) >= 11 is 0. The van der Waals surface area contributed by atoms with Crippen LogP contribution in [0.2, 0.25) is 0 Å². The molecule has 1 amide bonds. The molecule has 0 saturated carbocycles. The van der Waals surface area contributed by atoms with E-state index in [0.29, 0.717) is 13.1 Å². The fourth-order valence-electron chi connectivity index (χ4n) is 1.54. The van der Waals surface area contributed by atoms with Crippen LogP contribution in [0.15, 0.2) is 24.3 Å². The van der Waals surface area contributed by atoms with E-state index in [9.17, 15) is 4.79 Å². The molecule has 4 nitrogen and oxygen atoms in total. The number of carbonyl (C=O) groups excluding carboxylic acids is 1. The number of nitriles is 1. The molecule has 1 atom stereocenters. The van der Waals surface area contributed by atoms with Crippen LogP contribution in [0, 0.1) is 18.3 Å². The first-order valence-electron chi connectivity index (χ1n) is 5.57. The van der Waals surface area contributed by atoms with Gasteiger partial charge in [-0.3, -0.25) is 10.1 Å². The van der Waals surface area contributed by atoms with Crippen LogP contribution in [0.25, 0.3) is 0 Å². The van der Waals surface area contributed by atoms with Gasteiger partial charge < -0.3 is 5.32 Å². The predicted molar refractivity (Wildman–Crippen MR) is 66.2 cm³/mol. The Balaban J connectivity index is 2.49. The molecule has 0 aliphatic heterocycles. The third kappa shape index (κ3) is 4.66. The van der Waals surface area contributed by atoms with E-state index in [2.05, 4.69) is 16.7 Å². The van der Waals surface area contributed by atoms with E-state index in [1.165, 1.54) is 6.92 Å². The number of nitrogens with zero attached hydrogens (tertiary/aromatic N) is 1. The first-order valence-corrected chi connectivity index (χ1v) is 5.57. The first-order chi connectivity index (χ1) is 8.13. The fraction of sp³-hybridized carbons (Fsp3) is 0.385. The second kappa shape index (κ2) is 6.66. The molecule has 1 aromatic carbocycles. The predicted octanol–water partition coefficient (Wildman–Crippen LogP) is 1.29. The average molecular weight is 231 g/mol. The van der Waals surface area contributed by atoms with Crippen molar-refractivity contribution in [3.8, 4) is 6.07 Å². The SMILES string of the molecule is CC(=O)NCCNC(C#N)c1cccc(C)c1. The fourth-order valence-corrected chi connectivity index (χ4v) is 1.54. The van der Waals surface area contributed by atoms with Gasteiger partial charge in [-0.2, -0.15) is 5.26 Å². The molecule has 0 aliphatic carbocycles. The molecule has 0 aliphatic rings. The van der Waals surface area contributed by atoms with Crippen LogP contribution in [0.3, 0.4) is 0 Å². The molecule has 0 aromatic heterocycles. The summed E-state index contributed by atoms with van der Waals surface area (Å²) in [6.45, 7) is 4.57. The summed E-state index contributed by atoms with van der Waals surface area (Å²) in [6, 6.07) is 9.72. The number of aryl methyl sites for hydroxylation is 1. The number of amides is 1. The van der Waals surface area contributed by atoms with E-state index >= 15 is 0 Å². The lowest BCUT2D eigenvalue weighted by Crippen LogP contribution is -2.32. The number of nitrogens with one attached hydrogen (secondary N) is 2. The van der Waals surface area contributed by atoms with Crippen LogP contribution in [-0.2, 0) is 4.79 Å². The summed E-state index contributed by atoms with van der Waals surface area (Å²) in [5.74, 6) is -0.0594. The number of hydrogen-bond donors (Lipinski definition) is 2. The van der Waals surface area contributed by atoms with Crippen molar-refractivity contribution >= 4 is 5.91 Å². The third-order valence-electron chi connectivity index (χ3n) is 2.35. The Kier molecular flexibility index (Phi) is 5.18. The van der Waals surface area contributed by atoms with Gasteiger partial charge in [-0.25, -0.2) is 0 Å². The maximum absolute atomic E-state index is 10.7. The van der Waals surface area contributed by atoms with E-state index in [1.54, 1.807) is 0 Å². The smallest absolute Gasteiger partial charge is 0.216 e. The van der Waals surface area contributed by atoms with Gasteiger partial charge >= 0.3 is 0 Å². The molecule has 1 aromatic rings. The lowest BCUT2D eigenvalue weighted by molar-refractivity contribution is -0.118. The minimum absolute atomic E-state index is 0.0594. The Hall–Kier alpha value is -1.86. The lowest BCUT2D eigenvalue weighted by Gasteiger charge is -2.12. The van der Waals surface area contributed by atoms with Gasteiger partial charge in [-0.1, -0.05) is 29.8 Å². The van der Waals surface area contributed by atoms with Gasteiger partial charge in [0.05, 0.1) is 6.07 Å². The lowest BCUT2D eigenvalue weighted by atomic mass is 10.1. The highest BCUT2D eigenvalue weighted by atomic mass is 16.1. The number of hydrogen-bond acceptors (Lipinski definition) is 3. The molecule has 0 heterocycles. The standard InChI is InChI=1S/C13H17N3O/c1-10-4-3-5-12(8-10)13(9-14)16-7-6-15-11(2)17/h3-5,8,13,16H,6-7H2,1-2H3,(H,15,17). The van der Waals surface area contributed by atoms with Crippen molar-refractivity contribution in [2.24, 2.45) is 0 Å². The van der Waals surface area contributed by atoms with Gasteiger partial charge in [0.1, 0.15) is 6.04 Å². The summed E-state index contributed by atoms with van der Waals surface area (Å²) in [5.41, 5.74) is 2.08. The summed E-state index contributed by atoms with van der Waals surface area (Å²) in [6.07, 6.45) is 0. The molecular weight excluding hydrogens is 214 g/mol. The molecule has 0 radical (unpaired) electrons. The third-order valence-corrected chi connectivity index (χ3v) is 2.35. The van der Waals surface area contributed by atoms with Crippen LogP contribution >= 0.6 is 0 Å². The molecule has 4 heteroatoms. The molecule has 0 fully saturated rings. The van der Waals surface area contributed by atoms with Gasteiger partial charge in [0.25, 0.3) is 0 Å². The van der Waals surface area contributed by atoms with E-state index in [4.69, 9.17) is 5.26 Å². The first kappa shape index (κ1) is 13.2. The summed E-state index contributed by atoms with van der Waals surface area (Å²) in [4.78, 5) is 10.7. The van der Waals surface area contributed by atoms with Crippen molar-refractivity contribution in [1.29, 1.82) is 5.26 Å². The molecule has 0 spiro atoms. The molecule has 2 N–H and O–H groups in total. The van der Waals surface area contributed by atoms with Gasteiger partial charge in [0, 0.05) is 20.0 Å². The van der Waals surface area contributed by atoms with Gasteiger partial charge in [-0.05, 0) is 12.5 Å². The van der Waals surface area contributed by atoms with Crippen molar-refractivity contribution in [2.75, 3.05) is 13.1 Å². The van der Waals surface area contributed by atoms with Crippen LogP contribution in [0.1, 0.15) is 24.1 Å². The number of rotatable bonds is 5. The highest BCUT2D eigenvalue weighted by Crippen LogP contribution is 2.13. The minimum atomic E-state index is -0.330. The zero-order valence-electron chi connectivity index (χ0n) is 10.2. The average Bonchev–Trinajstić information content (AvgIpc) is 2.29. The minimum Gasteiger partial charge on any atom is -0.355 e. The largest absolute Gasteiger partial charge is 0.355 e. The van der Waals surface area contributed by atoms with Gasteiger partial charge in [-0.15, -0.1) is 0 Å². The maximum Gasteiger partial charge on any atom is 0.216 e. The quantitative estimate of drug-likeness (QED) is 0.750. The Labute approximate surface area is 102 Å². The van der Waals surface area contributed by atoms with Crippen molar-refractivity contribution in [1.82, 2.24) is 10.6 Å². The topological polar surface area (TPSA) is 64.9 Å². The van der Waals surface area contributed by atoms with Gasteiger partial charge in [0.15, 0.2) is 0 Å². The maximum atomic E-state index is 10.7. The van der Waals surface area contributed by atoms with Crippen LogP contribution in [0.5, 0.6) is 0 Å². The summed E-state index contributed by atoms with van der Waals surface area (Å²) in [5, 5.41) is 14.8. The van der Waals surface area contributed by atoms with Crippen molar-refractivity contribution in [3.05, 3.63) is 35.4 Å². The molecule has 17 heavy (non-hydrogen) atoms. The molecular formula is C13H17N3O. The molecule has 0 saturated heterocycles. The molecule has 90 valence electrons. The van der Waals surface area contributed by atoms with Crippen molar-refractivity contribution in [2.45, 2.75) is 19.9 Å². The van der Waals surface area contributed by atoms with Crippen LogP contribution in [0.4, 0.5) is 0 Å². The monoisotopic (exact) mass is 231 g/mol. The zero-order chi connectivity index (χ0) is 12.7. The van der Waals surface area contributed by atoms with Crippen molar-refractivity contribution < 1.29 is 4.79 Å². The van der Waals surface area contributed by atoms with E-state index in [1.807, 2.05) is 31.2 Å². The Morgan fingerprint density at radius 1 is 1.47 bits per heavy atom. The second-order valence-electron chi connectivity index (χ2n) is 3.91. The van der Waals surface area contributed by atoms with Gasteiger partial charge in [0.2, 0.25) is 5.91 Å². The Morgan fingerprint density at radius 2 is 2.24 bits per heavy atom.